The zero-order chi connectivity index (χ0) is 20.4. The van der Waals surface area contributed by atoms with Crippen LogP contribution in [0.5, 0.6) is 0 Å². The molecule has 0 bridgehead atoms. The van der Waals surface area contributed by atoms with Crippen molar-refractivity contribution in [3.05, 3.63) is 70.1 Å². The monoisotopic (exact) mass is 391 g/mol. The van der Waals surface area contributed by atoms with Crippen molar-refractivity contribution < 1.29 is 4.79 Å². The normalized spacial score (nSPS) is 16.6. The minimum absolute atomic E-state index is 0.0322. The average molecular weight is 391 g/mol. The fraction of sp³-hybridized carbons (Fsp3) is 0.318. The van der Waals surface area contributed by atoms with Crippen molar-refractivity contribution in [3.8, 4) is 11.3 Å². The predicted molar refractivity (Wildman–Crippen MR) is 113 cm³/mol. The third-order valence-electron chi connectivity index (χ3n) is 5.59. The van der Waals surface area contributed by atoms with E-state index in [2.05, 4.69) is 25.0 Å². The number of benzene rings is 1. The third-order valence-corrected chi connectivity index (χ3v) is 5.59. The van der Waals surface area contributed by atoms with Crippen LogP contribution in [0.2, 0.25) is 0 Å². The number of carbonyl (C=O) groups excluding carboxylic acids is 1. The molecule has 1 aliphatic heterocycles. The van der Waals surface area contributed by atoms with E-state index in [0.29, 0.717) is 12.1 Å². The van der Waals surface area contributed by atoms with Crippen LogP contribution < -0.4 is 15.8 Å². The molecule has 2 aromatic heterocycles. The molecule has 0 radical (unpaired) electrons. The maximum absolute atomic E-state index is 13.0. The van der Waals surface area contributed by atoms with Gasteiger partial charge < -0.3 is 14.8 Å². The highest BCUT2D eigenvalue weighted by Crippen LogP contribution is 2.25. The summed E-state index contributed by atoms with van der Waals surface area (Å²) >= 11 is 0. The van der Waals surface area contributed by atoms with E-state index in [1.807, 2.05) is 50.4 Å². The Balaban J connectivity index is 1.49. The van der Waals surface area contributed by atoms with Gasteiger partial charge in [-0.3, -0.25) is 9.59 Å². The summed E-state index contributed by atoms with van der Waals surface area (Å²) < 4.78 is 2.06. The van der Waals surface area contributed by atoms with E-state index < -0.39 is 0 Å². The molecule has 29 heavy (non-hydrogen) atoms. The molecule has 1 amide bonds. The molecule has 2 N–H and O–H groups in total. The van der Waals surface area contributed by atoms with Gasteiger partial charge in [0.25, 0.3) is 11.5 Å². The Morgan fingerprint density at radius 3 is 2.72 bits per heavy atom. The lowest BCUT2D eigenvalue weighted by atomic mass is 10.0. The van der Waals surface area contributed by atoms with E-state index in [9.17, 15) is 9.59 Å². The van der Waals surface area contributed by atoms with Gasteiger partial charge in [-0.25, -0.2) is 5.10 Å². The number of carbonyl (C=O) groups is 1. The molecule has 1 fully saturated rings. The first-order chi connectivity index (χ1) is 14.0. The number of aromatic amines is 1. The van der Waals surface area contributed by atoms with Crippen molar-refractivity contribution in [2.45, 2.75) is 25.8 Å². The number of H-pyrrole nitrogens is 1. The molecule has 3 aromatic rings. The van der Waals surface area contributed by atoms with E-state index in [-0.39, 0.29) is 17.5 Å². The molecular weight excluding hydrogens is 366 g/mol. The number of nitrogens with one attached hydrogen (secondary N) is 2. The number of amides is 1. The predicted octanol–water partition coefficient (Wildman–Crippen LogP) is 2.48. The summed E-state index contributed by atoms with van der Waals surface area (Å²) in [6.07, 6.45) is 1.87. The van der Waals surface area contributed by atoms with Crippen molar-refractivity contribution in [2.24, 2.45) is 7.05 Å². The second kappa shape index (κ2) is 7.95. The molecule has 3 heterocycles. The Morgan fingerprint density at radius 1 is 1.21 bits per heavy atom. The van der Waals surface area contributed by atoms with Gasteiger partial charge in [-0.15, -0.1) is 0 Å². The number of aromatic nitrogens is 3. The second-order valence-corrected chi connectivity index (χ2v) is 7.49. The van der Waals surface area contributed by atoms with Gasteiger partial charge >= 0.3 is 0 Å². The largest absolute Gasteiger partial charge is 0.353 e. The lowest BCUT2D eigenvalue weighted by Crippen LogP contribution is -2.48. The van der Waals surface area contributed by atoms with Crippen LogP contribution in [-0.2, 0) is 7.05 Å². The fourth-order valence-corrected chi connectivity index (χ4v) is 3.89. The minimum atomic E-state index is -0.218. The van der Waals surface area contributed by atoms with Crippen molar-refractivity contribution in [3.63, 3.8) is 0 Å². The van der Waals surface area contributed by atoms with Crippen molar-refractivity contribution in [2.75, 3.05) is 18.0 Å². The van der Waals surface area contributed by atoms with Gasteiger partial charge in [-0.1, -0.05) is 30.3 Å². The van der Waals surface area contributed by atoms with Gasteiger partial charge in [0.15, 0.2) is 0 Å². The maximum atomic E-state index is 13.0. The standard InChI is InChI=1S/C22H25N5O2/c1-15-18(13-19(26(15)2)16-7-4-3-5-8-16)22(29)23-17-9-6-12-27(14-17)20-10-11-21(28)25-24-20/h3-5,7-8,10-11,13,17H,6,9,12,14H2,1-2H3,(H,23,29)(H,25,28). The SMILES string of the molecule is Cc1c(C(=O)NC2CCCN(c3ccc(=O)[nH]n3)C2)cc(-c2ccccc2)n1C. The van der Waals surface area contributed by atoms with Crippen molar-refractivity contribution in [1.29, 1.82) is 0 Å². The van der Waals surface area contributed by atoms with Crippen LogP contribution >= 0.6 is 0 Å². The number of nitrogens with zero attached hydrogens (tertiary/aromatic N) is 3. The summed E-state index contributed by atoms with van der Waals surface area (Å²) in [5.41, 5.74) is 3.53. The number of rotatable bonds is 4. The quantitative estimate of drug-likeness (QED) is 0.716. The highest BCUT2D eigenvalue weighted by molar-refractivity contribution is 5.97. The van der Waals surface area contributed by atoms with Gasteiger partial charge in [-0.2, -0.15) is 5.10 Å². The van der Waals surface area contributed by atoms with Crippen LogP contribution in [0, 0.1) is 6.92 Å². The fourth-order valence-electron chi connectivity index (χ4n) is 3.89. The molecule has 1 atom stereocenters. The van der Waals surface area contributed by atoms with Crippen LogP contribution in [-0.4, -0.2) is 39.8 Å². The first-order valence-electron chi connectivity index (χ1n) is 9.86. The van der Waals surface area contributed by atoms with Gasteiger partial charge in [-0.05, 0) is 37.5 Å². The van der Waals surface area contributed by atoms with Gasteiger partial charge in [0.1, 0.15) is 5.82 Å². The molecule has 0 spiro atoms. The van der Waals surface area contributed by atoms with E-state index in [4.69, 9.17) is 0 Å². The number of anilines is 1. The van der Waals surface area contributed by atoms with Crippen LogP contribution in [0.15, 0.2) is 53.3 Å². The Hall–Kier alpha value is -3.35. The molecule has 1 aromatic carbocycles. The van der Waals surface area contributed by atoms with E-state index >= 15 is 0 Å². The number of hydrogen-bond donors (Lipinski definition) is 2. The Kier molecular flexibility index (Phi) is 5.20. The highest BCUT2D eigenvalue weighted by atomic mass is 16.1. The van der Waals surface area contributed by atoms with Crippen LogP contribution in [0.25, 0.3) is 11.3 Å². The molecule has 0 aliphatic carbocycles. The smallest absolute Gasteiger partial charge is 0.264 e. The molecule has 0 saturated carbocycles. The summed E-state index contributed by atoms with van der Waals surface area (Å²) in [5.74, 6) is 0.673. The Morgan fingerprint density at radius 2 is 2.00 bits per heavy atom. The minimum Gasteiger partial charge on any atom is -0.353 e. The number of piperidine rings is 1. The van der Waals surface area contributed by atoms with Gasteiger partial charge in [0, 0.05) is 43.6 Å². The zero-order valence-electron chi connectivity index (χ0n) is 16.7. The topological polar surface area (TPSA) is 83.0 Å². The molecule has 7 nitrogen and oxygen atoms in total. The van der Waals surface area contributed by atoms with E-state index in [1.165, 1.54) is 6.07 Å². The van der Waals surface area contributed by atoms with Crippen LogP contribution in [0.3, 0.4) is 0 Å². The summed E-state index contributed by atoms with van der Waals surface area (Å²) in [6.45, 7) is 3.49. The lowest BCUT2D eigenvalue weighted by Gasteiger charge is -2.33. The molecule has 150 valence electrons. The third kappa shape index (κ3) is 3.94. The Bertz CT molecular complexity index is 1050. The molecular formula is C22H25N5O2. The van der Waals surface area contributed by atoms with Crippen molar-refractivity contribution in [1.82, 2.24) is 20.1 Å². The first-order valence-corrected chi connectivity index (χ1v) is 9.86. The summed E-state index contributed by atoms with van der Waals surface area (Å²) in [4.78, 5) is 26.3. The average Bonchev–Trinajstić information content (AvgIpc) is 3.04. The molecule has 4 rings (SSSR count). The first kappa shape index (κ1) is 19.0. The lowest BCUT2D eigenvalue weighted by molar-refractivity contribution is 0.0932. The van der Waals surface area contributed by atoms with E-state index in [1.54, 1.807) is 6.07 Å². The number of hydrogen-bond acceptors (Lipinski definition) is 4. The Labute approximate surface area is 169 Å². The summed E-state index contributed by atoms with van der Waals surface area (Å²) in [7, 11) is 1.98. The molecule has 1 saturated heterocycles. The van der Waals surface area contributed by atoms with E-state index in [0.717, 1.165) is 42.2 Å². The molecule has 7 heteroatoms. The highest BCUT2D eigenvalue weighted by Gasteiger charge is 2.24. The molecule has 1 unspecified atom stereocenters. The maximum Gasteiger partial charge on any atom is 0.264 e. The van der Waals surface area contributed by atoms with Gasteiger partial charge in [0.2, 0.25) is 0 Å². The van der Waals surface area contributed by atoms with Crippen LogP contribution in [0.1, 0.15) is 28.9 Å². The zero-order valence-corrected chi connectivity index (χ0v) is 16.7. The summed E-state index contributed by atoms with van der Waals surface area (Å²) in [6, 6.07) is 15.3. The van der Waals surface area contributed by atoms with Crippen molar-refractivity contribution >= 4 is 11.7 Å². The molecule has 1 aliphatic rings. The van der Waals surface area contributed by atoms with Crippen LogP contribution in [0.4, 0.5) is 5.82 Å². The second-order valence-electron chi connectivity index (χ2n) is 7.49. The van der Waals surface area contributed by atoms with Gasteiger partial charge in [0.05, 0.1) is 5.56 Å². The summed E-state index contributed by atoms with van der Waals surface area (Å²) in [5, 5.41) is 9.77.